The van der Waals surface area contributed by atoms with Crippen molar-refractivity contribution in [2.45, 2.75) is 6.42 Å². The summed E-state index contributed by atoms with van der Waals surface area (Å²) in [6, 6.07) is 4.93. The minimum Gasteiger partial charge on any atom is -0.481 e. The molecule has 0 aliphatic heterocycles. The lowest BCUT2D eigenvalue weighted by Crippen LogP contribution is -2.18. The van der Waals surface area contributed by atoms with Crippen LogP contribution in [0.4, 0.5) is 4.39 Å². The summed E-state index contributed by atoms with van der Waals surface area (Å²) >= 11 is 0. The summed E-state index contributed by atoms with van der Waals surface area (Å²) in [5.41, 5.74) is -0.399. The van der Waals surface area contributed by atoms with E-state index in [1.165, 1.54) is 12.1 Å². The lowest BCUT2D eigenvalue weighted by atomic mass is 10.1. The number of rotatable bonds is 4. The molecule has 0 aliphatic rings. The molecule has 0 fully saturated rings. The third-order valence-corrected chi connectivity index (χ3v) is 1.68. The van der Waals surface area contributed by atoms with Crippen molar-refractivity contribution in [3.63, 3.8) is 0 Å². The van der Waals surface area contributed by atoms with Gasteiger partial charge in [-0.1, -0.05) is 12.1 Å². The van der Waals surface area contributed by atoms with Crippen LogP contribution in [0.25, 0.3) is 0 Å². The van der Waals surface area contributed by atoms with Crippen LogP contribution in [0.15, 0.2) is 24.3 Å². The molecule has 78 valence electrons. The summed E-state index contributed by atoms with van der Waals surface area (Å²) in [7, 11) is 0. The fourth-order valence-electron chi connectivity index (χ4n) is 1.01. The number of ketones is 2. The second kappa shape index (κ2) is 4.45. The zero-order valence-electron chi connectivity index (χ0n) is 7.57. The fourth-order valence-corrected chi connectivity index (χ4v) is 1.01. The van der Waals surface area contributed by atoms with E-state index in [1.54, 1.807) is 0 Å². The zero-order valence-corrected chi connectivity index (χ0v) is 7.57. The summed E-state index contributed by atoms with van der Waals surface area (Å²) in [6.45, 7) is 0. The molecule has 0 saturated heterocycles. The van der Waals surface area contributed by atoms with Crippen LogP contribution in [0.5, 0.6) is 0 Å². The standard InChI is InChI=1S/C10H7FO4/c11-7-4-2-1-3-6(7)10(15)8(12)5-9(13)14/h1-4H,5H2,(H,13,14). The molecule has 0 amide bonds. The van der Waals surface area contributed by atoms with Crippen molar-refractivity contribution in [3.05, 3.63) is 35.6 Å². The Labute approximate surface area is 84.3 Å². The number of benzene rings is 1. The summed E-state index contributed by atoms with van der Waals surface area (Å²) in [4.78, 5) is 32.4. The zero-order chi connectivity index (χ0) is 11.4. The number of Topliss-reactive ketones (excluding diaryl/α,β-unsaturated/α-hetero) is 2. The first-order chi connectivity index (χ1) is 7.02. The van der Waals surface area contributed by atoms with E-state index in [9.17, 15) is 18.8 Å². The van der Waals surface area contributed by atoms with Gasteiger partial charge in [0.05, 0.1) is 5.56 Å². The minimum absolute atomic E-state index is 0.399. The predicted octanol–water partition coefficient (Wildman–Crippen LogP) is 1.05. The summed E-state index contributed by atoms with van der Waals surface area (Å²) in [5, 5.41) is 8.28. The Morgan fingerprint density at radius 2 is 1.80 bits per heavy atom. The largest absolute Gasteiger partial charge is 0.481 e. The first kappa shape index (κ1) is 11.0. The number of carbonyl (C=O) groups excluding carboxylic acids is 2. The van der Waals surface area contributed by atoms with E-state index in [-0.39, 0.29) is 0 Å². The molecule has 0 heterocycles. The number of hydrogen-bond acceptors (Lipinski definition) is 3. The molecule has 1 aromatic rings. The highest BCUT2D eigenvalue weighted by Gasteiger charge is 2.21. The van der Waals surface area contributed by atoms with Crippen molar-refractivity contribution in [3.8, 4) is 0 Å². The van der Waals surface area contributed by atoms with Crippen LogP contribution in [0, 0.1) is 5.82 Å². The smallest absolute Gasteiger partial charge is 0.311 e. The minimum atomic E-state index is -1.41. The summed E-state index contributed by atoms with van der Waals surface area (Å²) < 4.78 is 13.0. The van der Waals surface area contributed by atoms with Gasteiger partial charge in [0.1, 0.15) is 12.2 Å². The highest BCUT2D eigenvalue weighted by Crippen LogP contribution is 2.08. The quantitative estimate of drug-likeness (QED) is 0.458. The van der Waals surface area contributed by atoms with Crippen molar-refractivity contribution in [1.82, 2.24) is 0 Å². The lowest BCUT2D eigenvalue weighted by Gasteiger charge is -1.99. The van der Waals surface area contributed by atoms with Crippen LogP contribution < -0.4 is 0 Å². The van der Waals surface area contributed by atoms with Gasteiger partial charge in [-0.05, 0) is 12.1 Å². The topological polar surface area (TPSA) is 71.4 Å². The predicted molar refractivity (Wildman–Crippen MR) is 48.0 cm³/mol. The van der Waals surface area contributed by atoms with Crippen LogP contribution in [0.1, 0.15) is 16.8 Å². The molecule has 0 radical (unpaired) electrons. The summed E-state index contributed by atoms with van der Waals surface area (Å²) in [6.07, 6.45) is -0.923. The summed E-state index contributed by atoms with van der Waals surface area (Å²) in [5.74, 6) is -4.49. The van der Waals surface area contributed by atoms with Crippen molar-refractivity contribution in [2.24, 2.45) is 0 Å². The number of carbonyl (C=O) groups is 3. The molecular formula is C10H7FO4. The highest BCUT2D eigenvalue weighted by molar-refractivity contribution is 6.45. The van der Waals surface area contributed by atoms with E-state index in [1.807, 2.05) is 0 Å². The molecule has 1 N–H and O–H groups in total. The van der Waals surface area contributed by atoms with Crippen molar-refractivity contribution >= 4 is 17.5 Å². The van der Waals surface area contributed by atoms with Crippen LogP contribution in [-0.4, -0.2) is 22.6 Å². The average molecular weight is 210 g/mol. The Hall–Kier alpha value is -2.04. The highest BCUT2D eigenvalue weighted by atomic mass is 19.1. The maximum atomic E-state index is 13.0. The van der Waals surface area contributed by atoms with Crippen molar-refractivity contribution < 1.29 is 23.9 Å². The van der Waals surface area contributed by atoms with E-state index in [2.05, 4.69) is 0 Å². The monoisotopic (exact) mass is 210 g/mol. The Kier molecular flexibility index (Phi) is 3.28. The molecular weight excluding hydrogens is 203 g/mol. The maximum Gasteiger partial charge on any atom is 0.311 e. The van der Waals surface area contributed by atoms with E-state index in [0.717, 1.165) is 12.1 Å². The van der Waals surface area contributed by atoms with Gasteiger partial charge < -0.3 is 5.11 Å². The van der Waals surface area contributed by atoms with Gasteiger partial charge in [-0.15, -0.1) is 0 Å². The first-order valence-corrected chi connectivity index (χ1v) is 4.06. The van der Waals surface area contributed by atoms with E-state index < -0.39 is 35.3 Å². The van der Waals surface area contributed by atoms with Crippen molar-refractivity contribution in [2.75, 3.05) is 0 Å². The lowest BCUT2D eigenvalue weighted by molar-refractivity contribution is -0.139. The Morgan fingerprint density at radius 1 is 1.20 bits per heavy atom. The Balaban J connectivity index is 2.91. The van der Waals surface area contributed by atoms with E-state index in [0.29, 0.717) is 0 Å². The normalized spacial score (nSPS) is 9.67. The molecule has 1 aromatic carbocycles. The number of carboxylic acid groups (broad SMARTS) is 1. The Morgan fingerprint density at radius 3 is 2.33 bits per heavy atom. The molecule has 0 aliphatic carbocycles. The van der Waals surface area contributed by atoms with Crippen molar-refractivity contribution in [1.29, 1.82) is 0 Å². The second-order valence-electron chi connectivity index (χ2n) is 2.80. The van der Waals surface area contributed by atoms with Gasteiger partial charge in [-0.25, -0.2) is 4.39 Å². The van der Waals surface area contributed by atoms with Gasteiger partial charge >= 0.3 is 5.97 Å². The fraction of sp³-hybridized carbons (Fsp3) is 0.100. The third-order valence-electron chi connectivity index (χ3n) is 1.68. The van der Waals surface area contributed by atoms with Gasteiger partial charge in [0.15, 0.2) is 0 Å². The van der Waals surface area contributed by atoms with Crippen LogP contribution in [-0.2, 0) is 9.59 Å². The molecule has 0 unspecified atom stereocenters. The molecule has 5 heteroatoms. The molecule has 0 saturated carbocycles. The first-order valence-electron chi connectivity index (χ1n) is 4.06. The van der Waals surface area contributed by atoms with Gasteiger partial charge in [0, 0.05) is 0 Å². The van der Waals surface area contributed by atoms with Crippen LogP contribution in [0.3, 0.4) is 0 Å². The number of halogens is 1. The second-order valence-corrected chi connectivity index (χ2v) is 2.80. The Bertz CT molecular complexity index is 425. The molecule has 4 nitrogen and oxygen atoms in total. The van der Waals surface area contributed by atoms with Gasteiger partial charge in [0.25, 0.3) is 0 Å². The van der Waals surface area contributed by atoms with E-state index >= 15 is 0 Å². The SMILES string of the molecule is O=C(O)CC(=O)C(=O)c1ccccc1F. The molecule has 15 heavy (non-hydrogen) atoms. The third kappa shape index (κ3) is 2.70. The van der Waals surface area contributed by atoms with Gasteiger partial charge in [-0.3, -0.25) is 14.4 Å². The van der Waals surface area contributed by atoms with E-state index in [4.69, 9.17) is 5.11 Å². The molecule has 1 rings (SSSR count). The molecule has 0 spiro atoms. The average Bonchev–Trinajstić information content (AvgIpc) is 2.16. The maximum absolute atomic E-state index is 13.0. The number of aliphatic carboxylic acids is 1. The van der Waals surface area contributed by atoms with Gasteiger partial charge in [-0.2, -0.15) is 0 Å². The molecule has 0 aromatic heterocycles. The van der Waals surface area contributed by atoms with Crippen LogP contribution >= 0.6 is 0 Å². The number of hydrogen-bond donors (Lipinski definition) is 1. The molecule has 0 atom stereocenters. The number of carboxylic acids is 1. The van der Waals surface area contributed by atoms with Crippen LogP contribution in [0.2, 0.25) is 0 Å². The molecule has 0 bridgehead atoms. The van der Waals surface area contributed by atoms with Gasteiger partial charge in [0.2, 0.25) is 11.6 Å².